The Bertz CT molecular complexity index is 130. The van der Waals surface area contributed by atoms with E-state index >= 15 is 0 Å². The van der Waals surface area contributed by atoms with Crippen LogP contribution >= 0.6 is 0 Å². The van der Waals surface area contributed by atoms with Crippen molar-refractivity contribution in [3.05, 3.63) is 12.7 Å². The van der Waals surface area contributed by atoms with Crippen LogP contribution < -0.4 is 0 Å². The summed E-state index contributed by atoms with van der Waals surface area (Å²) in [5.41, 5.74) is 0. The minimum absolute atomic E-state index is 0.220. The third kappa shape index (κ3) is 7.26. The van der Waals surface area contributed by atoms with E-state index in [1.54, 1.807) is 6.92 Å². The Labute approximate surface area is 67.9 Å². The van der Waals surface area contributed by atoms with Gasteiger partial charge in [-0.05, 0) is 19.8 Å². The summed E-state index contributed by atoms with van der Waals surface area (Å²) in [6, 6.07) is 0. The summed E-state index contributed by atoms with van der Waals surface area (Å²) < 4.78 is 0. The Morgan fingerprint density at radius 2 is 2.27 bits per heavy atom. The first-order valence-corrected chi connectivity index (χ1v) is 3.97. The molecule has 0 spiro atoms. The fourth-order valence-corrected chi connectivity index (χ4v) is 0.845. The van der Waals surface area contributed by atoms with E-state index in [9.17, 15) is 4.79 Å². The lowest BCUT2D eigenvalue weighted by Crippen LogP contribution is -2.01. The summed E-state index contributed by atoms with van der Waals surface area (Å²) in [5, 5.41) is 9.02. The number of rotatable bonds is 6. The number of aliphatic hydroxyl groups excluding tert-OH is 1. The molecule has 2 nitrogen and oxygen atoms in total. The number of ketones is 1. The van der Waals surface area contributed by atoms with E-state index < -0.39 is 6.10 Å². The van der Waals surface area contributed by atoms with Crippen molar-refractivity contribution in [1.82, 2.24) is 0 Å². The van der Waals surface area contributed by atoms with Crippen LogP contribution in [0.25, 0.3) is 0 Å². The first-order valence-electron chi connectivity index (χ1n) is 3.97. The molecule has 0 aromatic heterocycles. The van der Waals surface area contributed by atoms with Gasteiger partial charge in [-0.25, -0.2) is 0 Å². The zero-order valence-corrected chi connectivity index (χ0v) is 7.05. The summed E-state index contributed by atoms with van der Waals surface area (Å²) >= 11 is 0. The fourth-order valence-electron chi connectivity index (χ4n) is 0.845. The van der Waals surface area contributed by atoms with Crippen LogP contribution in [0.5, 0.6) is 0 Å². The molecule has 0 saturated heterocycles. The lowest BCUT2D eigenvalue weighted by atomic mass is 10.1. The molecule has 64 valence electrons. The highest BCUT2D eigenvalue weighted by Crippen LogP contribution is 2.04. The van der Waals surface area contributed by atoms with Gasteiger partial charge in [0.25, 0.3) is 0 Å². The van der Waals surface area contributed by atoms with Gasteiger partial charge in [0.2, 0.25) is 0 Å². The van der Waals surface area contributed by atoms with Crippen LogP contribution in [-0.2, 0) is 4.79 Å². The average molecular weight is 156 g/mol. The second-order valence-corrected chi connectivity index (χ2v) is 2.75. The van der Waals surface area contributed by atoms with Gasteiger partial charge in [0.1, 0.15) is 5.78 Å². The number of Topliss-reactive ketones (excluding diaryl/α,β-unsaturated/α-hetero) is 1. The van der Waals surface area contributed by atoms with E-state index in [0.717, 1.165) is 19.3 Å². The Morgan fingerprint density at radius 1 is 1.64 bits per heavy atom. The van der Waals surface area contributed by atoms with E-state index in [-0.39, 0.29) is 5.78 Å². The maximum absolute atomic E-state index is 10.5. The topological polar surface area (TPSA) is 37.3 Å². The molecule has 11 heavy (non-hydrogen) atoms. The van der Waals surface area contributed by atoms with Crippen molar-refractivity contribution in [3.63, 3.8) is 0 Å². The third-order valence-electron chi connectivity index (χ3n) is 1.55. The molecule has 0 saturated carbocycles. The largest absolute Gasteiger partial charge is 0.389 e. The van der Waals surface area contributed by atoms with Gasteiger partial charge in [-0.3, -0.25) is 0 Å². The maximum atomic E-state index is 10.5. The van der Waals surface area contributed by atoms with Crippen molar-refractivity contribution in [2.45, 2.75) is 38.7 Å². The summed E-state index contributed by atoms with van der Waals surface area (Å²) in [7, 11) is 0. The van der Waals surface area contributed by atoms with Crippen LogP contribution in [-0.4, -0.2) is 17.0 Å². The number of hydrogen-bond acceptors (Lipinski definition) is 2. The first-order chi connectivity index (χ1) is 5.16. The summed E-state index contributed by atoms with van der Waals surface area (Å²) in [5.74, 6) is 0.220. The number of carbonyl (C=O) groups excluding carboxylic acids is 1. The molecule has 1 atom stereocenters. The van der Waals surface area contributed by atoms with Crippen molar-refractivity contribution < 1.29 is 9.90 Å². The second kappa shape index (κ2) is 6.10. The molecule has 0 heterocycles. The summed E-state index contributed by atoms with van der Waals surface area (Å²) in [6.07, 6.45) is 4.24. The molecule has 0 amide bonds. The number of hydrogen-bond donors (Lipinski definition) is 1. The normalized spacial score (nSPS) is 12.5. The van der Waals surface area contributed by atoms with Crippen LogP contribution in [0, 0.1) is 0 Å². The molecule has 0 radical (unpaired) electrons. The highest BCUT2D eigenvalue weighted by molar-refractivity contribution is 5.75. The minimum atomic E-state index is -0.401. The quantitative estimate of drug-likeness (QED) is 0.469. The van der Waals surface area contributed by atoms with E-state index in [4.69, 9.17) is 5.11 Å². The molecule has 0 rings (SSSR count). The van der Waals surface area contributed by atoms with E-state index in [1.165, 1.54) is 6.08 Å². The number of unbranched alkanes of at least 4 members (excludes halogenated alkanes) is 1. The van der Waals surface area contributed by atoms with E-state index in [2.05, 4.69) is 6.58 Å². The predicted octanol–water partition coefficient (Wildman–Crippen LogP) is 1.68. The lowest BCUT2D eigenvalue weighted by molar-refractivity contribution is -0.117. The van der Waals surface area contributed by atoms with E-state index in [0.29, 0.717) is 6.42 Å². The Kier molecular flexibility index (Phi) is 5.75. The molecule has 0 bridgehead atoms. The molecule has 0 aliphatic carbocycles. The SMILES string of the molecule is C=CC(O)CCCCC(C)=O. The smallest absolute Gasteiger partial charge is 0.129 e. The van der Waals surface area contributed by atoms with Gasteiger partial charge in [0.15, 0.2) is 0 Å². The molecule has 0 aliphatic heterocycles. The molecule has 2 heteroatoms. The van der Waals surface area contributed by atoms with E-state index in [1.807, 2.05) is 0 Å². The van der Waals surface area contributed by atoms with Gasteiger partial charge in [0.05, 0.1) is 6.10 Å². The molecule has 1 unspecified atom stereocenters. The highest BCUT2D eigenvalue weighted by atomic mass is 16.3. The molecule has 0 aliphatic rings. The number of carbonyl (C=O) groups is 1. The summed E-state index contributed by atoms with van der Waals surface area (Å²) in [6.45, 7) is 5.04. The molecule has 0 aromatic rings. The molecular formula is C9H16O2. The minimum Gasteiger partial charge on any atom is -0.389 e. The van der Waals surface area contributed by atoms with Gasteiger partial charge < -0.3 is 9.90 Å². The standard InChI is InChI=1S/C9H16O2/c1-3-9(11)7-5-4-6-8(2)10/h3,9,11H,1,4-7H2,2H3. The van der Waals surface area contributed by atoms with Gasteiger partial charge in [-0.15, -0.1) is 6.58 Å². The molecule has 0 aromatic carbocycles. The van der Waals surface area contributed by atoms with Crippen LogP contribution in [0.3, 0.4) is 0 Å². The number of aliphatic hydroxyl groups is 1. The fraction of sp³-hybridized carbons (Fsp3) is 0.667. The van der Waals surface area contributed by atoms with Gasteiger partial charge in [-0.1, -0.05) is 12.5 Å². The van der Waals surface area contributed by atoms with Crippen molar-refractivity contribution in [1.29, 1.82) is 0 Å². The van der Waals surface area contributed by atoms with Gasteiger partial charge in [-0.2, -0.15) is 0 Å². The molecular weight excluding hydrogens is 140 g/mol. The van der Waals surface area contributed by atoms with Crippen LogP contribution in [0.1, 0.15) is 32.6 Å². The first kappa shape index (κ1) is 10.4. The van der Waals surface area contributed by atoms with Crippen LogP contribution in [0.2, 0.25) is 0 Å². The predicted molar refractivity (Wildman–Crippen MR) is 45.4 cm³/mol. The zero-order chi connectivity index (χ0) is 8.69. The van der Waals surface area contributed by atoms with Crippen molar-refractivity contribution in [2.75, 3.05) is 0 Å². The van der Waals surface area contributed by atoms with Crippen molar-refractivity contribution >= 4 is 5.78 Å². The third-order valence-corrected chi connectivity index (χ3v) is 1.55. The Balaban J connectivity index is 3.14. The van der Waals surface area contributed by atoms with Crippen molar-refractivity contribution in [2.24, 2.45) is 0 Å². The molecule has 0 fully saturated rings. The van der Waals surface area contributed by atoms with Crippen LogP contribution in [0.15, 0.2) is 12.7 Å². The average Bonchev–Trinajstić information content (AvgIpc) is 1.97. The molecule has 1 N–H and O–H groups in total. The summed E-state index contributed by atoms with van der Waals surface area (Å²) in [4.78, 5) is 10.5. The second-order valence-electron chi connectivity index (χ2n) is 2.75. The van der Waals surface area contributed by atoms with Gasteiger partial charge in [0, 0.05) is 6.42 Å². The van der Waals surface area contributed by atoms with Crippen molar-refractivity contribution in [3.8, 4) is 0 Å². The Hall–Kier alpha value is -0.630. The maximum Gasteiger partial charge on any atom is 0.129 e. The van der Waals surface area contributed by atoms with Crippen LogP contribution in [0.4, 0.5) is 0 Å². The lowest BCUT2D eigenvalue weighted by Gasteiger charge is -2.02. The monoisotopic (exact) mass is 156 g/mol. The Morgan fingerprint density at radius 3 is 2.73 bits per heavy atom. The van der Waals surface area contributed by atoms with Gasteiger partial charge >= 0.3 is 0 Å². The zero-order valence-electron chi connectivity index (χ0n) is 7.05. The highest BCUT2D eigenvalue weighted by Gasteiger charge is 1.98.